The average Bonchev–Trinajstić information content (AvgIpc) is 3.44. The molecule has 0 bridgehead atoms. The number of aliphatic hydroxyl groups is 2. The monoisotopic (exact) mass is 638 g/mol. The van der Waals surface area contributed by atoms with Crippen LogP contribution in [0.3, 0.4) is 0 Å². The number of hydrogen-bond acceptors (Lipinski definition) is 8. The molecule has 10 nitrogen and oxygen atoms in total. The molecule has 1 aromatic carbocycles. The van der Waals surface area contributed by atoms with Crippen molar-refractivity contribution in [2.75, 3.05) is 20.3 Å². The highest BCUT2D eigenvalue weighted by Crippen LogP contribution is 2.37. The first-order valence-corrected chi connectivity index (χ1v) is 13.2. The topological polar surface area (TPSA) is 139 Å². The van der Waals surface area contributed by atoms with E-state index in [2.05, 4.69) is 5.32 Å². The standard InChI is InChI=1S/C27H31IN2O8/c1-3-4-5-24(33)30(14-17-6-9-37-16-17)21-12-19(27(35)29-7-8-31)13-22(25(21)34)38-26-20(28)10-18(15-32)11-23(26)36-2/h4-6,9-11,13,15-16,21-22,25,31,34H,3,7-8,12,14H2,1-2H3,(H,29,35)/t21-,22+,25+/m1/s1. The number of methoxy groups -OCH3 is 1. The molecule has 0 fully saturated rings. The molecule has 38 heavy (non-hydrogen) atoms. The number of carbonyl (C=O) groups is 3. The van der Waals surface area contributed by atoms with E-state index in [9.17, 15) is 19.5 Å². The minimum absolute atomic E-state index is 0.0463. The van der Waals surface area contributed by atoms with Gasteiger partial charge >= 0.3 is 0 Å². The number of amides is 2. The van der Waals surface area contributed by atoms with Crippen molar-refractivity contribution in [3.8, 4) is 11.5 Å². The Morgan fingerprint density at radius 2 is 2.13 bits per heavy atom. The molecule has 204 valence electrons. The molecule has 0 radical (unpaired) electrons. The van der Waals surface area contributed by atoms with Gasteiger partial charge in [0.05, 0.1) is 35.9 Å². The van der Waals surface area contributed by atoms with Gasteiger partial charge in [0, 0.05) is 36.2 Å². The number of hydrogen-bond donors (Lipinski definition) is 3. The minimum atomic E-state index is -1.22. The van der Waals surface area contributed by atoms with Gasteiger partial charge in [0.2, 0.25) is 11.8 Å². The van der Waals surface area contributed by atoms with Gasteiger partial charge in [-0.25, -0.2) is 0 Å². The lowest BCUT2D eigenvalue weighted by Gasteiger charge is -2.40. The molecule has 2 amide bonds. The van der Waals surface area contributed by atoms with E-state index >= 15 is 0 Å². The maximum absolute atomic E-state index is 13.3. The van der Waals surface area contributed by atoms with Gasteiger partial charge in [0.15, 0.2) is 11.5 Å². The number of furan rings is 1. The summed E-state index contributed by atoms with van der Waals surface area (Å²) in [7, 11) is 1.43. The summed E-state index contributed by atoms with van der Waals surface area (Å²) in [6.45, 7) is 1.85. The zero-order valence-electron chi connectivity index (χ0n) is 21.1. The van der Waals surface area contributed by atoms with Crippen LogP contribution in [-0.4, -0.2) is 71.7 Å². The third kappa shape index (κ3) is 7.23. The second kappa shape index (κ2) is 14.1. The Balaban J connectivity index is 2.03. The molecule has 1 aromatic heterocycles. The Kier molecular flexibility index (Phi) is 10.9. The zero-order valence-corrected chi connectivity index (χ0v) is 23.3. The van der Waals surface area contributed by atoms with Crippen LogP contribution in [0.2, 0.25) is 0 Å². The maximum Gasteiger partial charge on any atom is 0.247 e. The molecular weight excluding hydrogens is 607 g/mol. The third-order valence-corrected chi connectivity index (χ3v) is 6.77. The fraction of sp³-hybridized carbons (Fsp3) is 0.370. The van der Waals surface area contributed by atoms with E-state index in [0.29, 0.717) is 27.4 Å². The first-order valence-electron chi connectivity index (χ1n) is 12.1. The van der Waals surface area contributed by atoms with Crippen molar-refractivity contribution in [2.24, 2.45) is 0 Å². The lowest BCUT2D eigenvalue weighted by Crippen LogP contribution is -2.54. The summed E-state index contributed by atoms with van der Waals surface area (Å²) in [4.78, 5) is 39.0. The number of benzene rings is 1. The van der Waals surface area contributed by atoms with Gasteiger partial charge in [-0.1, -0.05) is 13.0 Å². The molecule has 0 aliphatic heterocycles. The van der Waals surface area contributed by atoms with Crippen molar-refractivity contribution in [3.63, 3.8) is 0 Å². The van der Waals surface area contributed by atoms with Crippen molar-refractivity contribution in [1.29, 1.82) is 0 Å². The van der Waals surface area contributed by atoms with Gasteiger partial charge in [-0.05, 0) is 59.4 Å². The van der Waals surface area contributed by atoms with E-state index in [-0.39, 0.29) is 43.5 Å². The fourth-order valence-electron chi connectivity index (χ4n) is 4.09. The summed E-state index contributed by atoms with van der Waals surface area (Å²) in [6.07, 6.45) is 6.81. The van der Waals surface area contributed by atoms with Crippen LogP contribution in [0.15, 0.2) is 58.9 Å². The number of nitrogens with zero attached hydrogens (tertiary/aromatic N) is 1. The van der Waals surface area contributed by atoms with Gasteiger partial charge in [-0.3, -0.25) is 14.4 Å². The maximum atomic E-state index is 13.3. The highest BCUT2D eigenvalue weighted by Gasteiger charge is 2.40. The van der Waals surface area contributed by atoms with Gasteiger partial charge in [0.1, 0.15) is 18.5 Å². The van der Waals surface area contributed by atoms with Crippen LogP contribution in [0, 0.1) is 3.57 Å². The Hall–Kier alpha value is -3.16. The molecule has 3 N–H and O–H groups in total. The summed E-state index contributed by atoms with van der Waals surface area (Å²) in [5.74, 6) is -0.212. The summed E-state index contributed by atoms with van der Waals surface area (Å²) < 4.78 is 17.4. The summed E-state index contributed by atoms with van der Waals surface area (Å²) >= 11 is 2.00. The van der Waals surface area contributed by atoms with Gasteiger partial charge in [-0.15, -0.1) is 0 Å². The quantitative estimate of drug-likeness (QED) is 0.183. The highest BCUT2D eigenvalue weighted by molar-refractivity contribution is 14.1. The minimum Gasteiger partial charge on any atom is -0.493 e. The smallest absolute Gasteiger partial charge is 0.247 e. The van der Waals surface area contributed by atoms with Crippen LogP contribution in [0.1, 0.15) is 35.7 Å². The van der Waals surface area contributed by atoms with E-state index in [4.69, 9.17) is 19.0 Å². The van der Waals surface area contributed by atoms with Crippen molar-refractivity contribution in [3.05, 3.63) is 69.2 Å². The molecule has 1 aliphatic carbocycles. The van der Waals surface area contributed by atoms with E-state index in [1.807, 2.05) is 29.5 Å². The van der Waals surface area contributed by atoms with Crippen molar-refractivity contribution < 1.29 is 38.5 Å². The Bertz CT molecular complexity index is 1180. The normalized spacial score (nSPS) is 19.1. The van der Waals surface area contributed by atoms with E-state index in [1.54, 1.807) is 18.2 Å². The molecule has 0 unspecified atom stereocenters. The molecule has 1 aliphatic rings. The molecule has 0 saturated carbocycles. The molecule has 0 spiro atoms. The summed E-state index contributed by atoms with van der Waals surface area (Å²) in [5.41, 5.74) is 1.40. The average molecular weight is 638 g/mol. The second-order valence-corrected chi connectivity index (χ2v) is 9.74. The molecular formula is C27H31IN2O8. The van der Waals surface area contributed by atoms with Crippen LogP contribution < -0.4 is 14.8 Å². The predicted molar refractivity (Wildman–Crippen MR) is 147 cm³/mol. The largest absolute Gasteiger partial charge is 0.493 e. The first-order chi connectivity index (χ1) is 18.3. The fourth-order valence-corrected chi connectivity index (χ4v) is 4.84. The van der Waals surface area contributed by atoms with Crippen LogP contribution >= 0.6 is 22.6 Å². The Labute approximate surface area is 234 Å². The number of aldehydes is 1. The molecule has 3 atom stereocenters. The summed E-state index contributed by atoms with van der Waals surface area (Å²) in [5, 5.41) is 23.3. The molecule has 1 heterocycles. The van der Waals surface area contributed by atoms with Crippen LogP contribution in [0.4, 0.5) is 0 Å². The highest BCUT2D eigenvalue weighted by atomic mass is 127. The predicted octanol–water partition coefficient (Wildman–Crippen LogP) is 2.62. The van der Waals surface area contributed by atoms with Crippen molar-refractivity contribution in [2.45, 2.75) is 44.6 Å². The van der Waals surface area contributed by atoms with Gasteiger partial charge in [0.25, 0.3) is 0 Å². The molecule has 0 saturated heterocycles. The number of rotatable bonds is 12. The molecule has 3 rings (SSSR count). The van der Waals surface area contributed by atoms with Crippen LogP contribution in [-0.2, 0) is 16.1 Å². The Morgan fingerprint density at radius 3 is 2.76 bits per heavy atom. The van der Waals surface area contributed by atoms with Gasteiger partial charge in [-0.2, -0.15) is 0 Å². The zero-order chi connectivity index (χ0) is 27.7. The van der Waals surface area contributed by atoms with E-state index in [1.165, 1.54) is 42.8 Å². The second-order valence-electron chi connectivity index (χ2n) is 8.58. The SMILES string of the molecule is CCC=CC(=O)N(Cc1ccoc1)[C@@H]1CC(C(=O)NCCO)=C[C@H](Oc2c(I)cc(C=O)cc2OC)[C@H]1O. The van der Waals surface area contributed by atoms with Crippen LogP contribution in [0.5, 0.6) is 11.5 Å². The lowest BCUT2D eigenvalue weighted by molar-refractivity contribution is -0.134. The lowest BCUT2D eigenvalue weighted by atomic mass is 9.88. The van der Waals surface area contributed by atoms with Crippen molar-refractivity contribution in [1.82, 2.24) is 10.2 Å². The number of ether oxygens (including phenoxy) is 2. The number of nitrogens with one attached hydrogen (secondary N) is 1. The number of carbonyl (C=O) groups excluding carboxylic acids is 3. The van der Waals surface area contributed by atoms with E-state index < -0.39 is 24.2 Å². The molecule has 11 heteroatoms. The van der Waals surface area contributed by atoms with E-state index in [0.717, 1.165) is 5.56 Å². The third-order valence-electron chi connectivity index (χ3n) is 5.97. The van der Waals surface area contributed by atoms with Gasteiger partial charge < -0.3 is 34.3 Å². The van der Waals surface area contributed by atoms with Crippen LogP contribution in [0.25, 0.3) is 0 Å². The first kappa shape index (κ1) is 29.4. The number of halogens is 1. The summed E-state index contributed by atoms with van der Waals surface area (Å²) in [6, 6.07) is 4.02. The number of aliphatic hydroxyl groups excluding tert-OH is 2. The number of allylic oxidation sites excluding steroid dienone is 1. The van der Waals surface area contributed by atoms with Crippen molar-refractivity contribution >= 4 is 40.7 Å². The Morgan fingerprint density at radius 1 is 1.34 bits per heavy atom. The molecule has 2 aromatic rings.